The summed E-state index contributed by atoms with van der Waals surface area (Å²) in [6.45, 7) is 2.13. The standard InChI is InChI=1S/C12H17N5S/c1-18-6-9-2-3-17(9)5-8-4-14-11-10(8)15-7-16-12(11)13/h4,7,9,14H,2-3,5-6H2,1H3,(H2,13,15,16)/t9-/m0/s1. The molecule has 0 bridgehead atoms. The maximum atomic E-state index is 5.82. The van der Waals surface area contributed by atoms with Crippen LogP contribution in [-0.2, 0) is 6.54 Å². The number of hydrogen-bond donors (Lipinski definition) is 2. The molecule has 0 amide bonds. The van der Waals surface area contributed by atoms with E-state index in [-0.39, 0.29) is 0 Å². The zero-order chi connectivity index (χ0) is 12.5. The lowest BCUT2D eigenvalue weighted by Gasteiger charge is -2.40. The van der Waals surface area contributed by atoms with Crippen LogP contribution in [-0.4, -0.2) is 44.4 Å². The minimum Gasteiger partial charge on any atom is -0.382 e. The molecule has 2 aromatic rings. The lowest BCUT2D eigenvalue weighted by atomic mass is 10.0. The van der Waals surface area contributed by atoms with E-state index in [4.69, 9.17) is 5.73 Å². The van der Waals surface area contributed by atoms with Gasteiger partial charge in [0.1, 0.15) is 11.8 Å². The summed E-state index contributed by atoms with van der Waals surface area (Å²) in [6, 6.07) is 0.712. The molecule has 1 atom stereocenters. The highest BCUT2D eigenvalue weighted by atomic mass is 32.2. The first kappa shape index (κ1) is 11.8. The van der Waals surface area contributed by atoms with Gasteiger partial charge in [-0.3, -0.25) is 4.90 Å². The molecule has 0 unspecified atom stereocenters. The van der Waals surface area contributed by atoms with E-state index in [1.54, 1.807) is 0 Å². The van der Waals surface area contributed by atoms with E-state index in [1.165, 1.54) is 30.6 Å². The molecule has 2 aromatic heterocycles. The Morgan fingerprint density at radius 3 is 3.17 bits per heavy atom. The highest BCUT2D eigenvalue weighted by molar-refractivity contribution is 7.98. The number of aromatic amines is 1. The average Bonchev–Trinajstić information content (AvgIpc) is 2.76. The Bertz CT molecular complexity index is 552. The first-order chi connectivity index (χ1) is 8.79. The second-order valence-electron chi connectivity index (χ2n) is 4.66. The van der Waals surface area contributed by atoms with Gasteiger partial charge in [0.25, 0.3) is 0 Å². The van der Waals surface area contributed by atoms with Gasteiger partial charge in [0.15, 0.2) is 5.82 Å². The zero-order valence-corrected chi connectivity index (χ0v) is 11.2. The molecule has 6 heteroatoms. The molecule has 0 spiro atoms. The minimum absolute atomic E-state index is 0.524. The van der Waals surface area contributed by atoms with Crippen molar-refractivity contribution in [2.75, 3.05) is 24.3 Å². The summed E-state index contributed by atoms with van der Waals surface area (Å²) in [7, 11) is 0. The SMILES string of the molecule is CSC[C@@H]1CCN1Cc1c[nH]c2c(N)ncnc12. The topological polar surface area (TPSA) is 70.8 Å². The molecular formula is C12H17N5S. The molecule has 3 heterocycles. The van der Waals surface area contributed by atoms with Crippen LogP contribution in [0.4, 0.5) is 5.82 Å². The number of likely N-dealkylation sites (tertiary alicyclic amines) is 1. The van der Waals surface area contributed by atoms with E-state index in [1.807, 2.05) is 18.0 Å². The Balaban J connectivity index is 1.81. The highest BCUT2D eigenvalue weighted by Gasteiger charge is 2.27. The van der Waals surface area contributed by atoms with Gasteiger partial charge in [0.2, 0.25) is 0 Å². The third kappa shape index (κ3) is 1.95. The van der Waals surface area contributed by atoms with Gasteiger partial charge in [-0.1, -0.05) is 0 Å². The number of fused-ring (bicyclic) bond motifs is 1. The summed E-state index contributed by atoms with van der Waals surface area (Å²) in [5.41, 5.74) is 8.85. The average molecular weight is 263 g/mol. The van der Waals surface area contributed by atoms with Gasteiger partial charge >= 0.3 is 0 Å². The molecular weight excluding hydrogens is 246 g/mol. The van der Waals surface area contributed by atoms with Crippen molar-refractivity contribution in [3.05, 3.63) is 18.1 Å². The van der Waals surface area contributed by atoms with Crippen LogP contribution in [0.5, 0.6) is 0 Å². The molecule has 1 saturated heterocycles. The van der Waals surface area contributed by atoms with Gasteiger partial charge < -0.3 is 10.7 Å². The van der Waals surface area contributed by atoms with Crippen molar-refractivity contribution in [1.29, 1.82) is 0 Å². The molecule has 1 fully saturated rings. The van der Waals surface area contributed by atoms with E-state index >= 15 is 0 Å². The van der Waals surface area contributed by atoms with Crippen LogP contribution >= 0.6 is 11.8 Å². The predicted molar refractivity (Wildman–Crippen MR) is 75.5 cm³/mol. The van der Waals surface area contributed by atoms with Gasteiger partial charge in [0.05, 0.1) is 5.52 Å². The second kappa shape index (κ2) is 4.78. The van der Waals surface area contributed by atoms with Crippen molar-refractivity contribution in [3.63, 3.8) is 0 Å². The van der Waals surface area contributed by atoms with Crippen LogP contribution < -0.4 is 5.73 Å². The van der Waals surface area contributed by atoms with Crippen molar-refractivity contribution < 1.29 is 0 Å². The number of aromatic nitrogens is 3. The third-order valence-corrected chi connectivity index (χ3v) is 4.29. The van der Waals surface area contributed by atoms with Crippen LogP contribution in [0.3, 0.4) is 0 Å². The fourth-order valence-corrected chi connectivity index (χ4v) is 3.20. The molecule has 1 aliphatic rings. The molecule has 0 aliphatic carbocycles. The number of hydrogen-bond acceptors (Lipinski definition) is 5. The third-order valence-electron chi connectivity index (χ3n) is 3.57. The first-order valence-electron chi connectivity index (χ1n) is 6.09. The number of anilines is 1. The summed E-state index contributed by atoms with van der Waals surface area (Å²) in [5.74, 6) is 1.73. The Labute approximate surface area is 110 Å². The lowest BCUT2D eigenvalue weighted by Crippen LogP contribution is -2.48. The Hall–Kier alpha value is -1.27. The van der Waals surface area contributed by atoms with E-state index in [0.717, 1.165) is 17.6 Å². The van der Waals surface area contributed by atoms with Crippen LogP contribution in [0.1, 0.15) is 12.0 Å². The van der Waals surface area contributed by atoms with Gasteiger partial charge in [-0.25, -0.2) is 9.97 Å². The highest BCUT2D eigenvalue weighted by Crippen LogP contribution is 2.26. The maximum absolute atomic E-state index is 5.82. The fourth-order valence-electron chi connectivity index (χ4n) is 2.44. The van der Waals surface area contributed by atoms with Gasteiger partial charge in [-0.2, -0.15) is 11.8 Å². The van der Waals surface area contributed by atoms with Crippen LogP contribution in [0, 0.1) is 0 Å². The molecule has 1 aliphatic heterocycles. The van der Waals surface area contributed by atoms with Gasteiger partial charge in [-0.15, -0.1) is 0 Å². The van der Waals surface area contributed by atoms with Crippen molar-refractivity contribution in [1.82, 2.24) is 19.9 Å². The van der Waals surface area contributed by atoms with Crippen LogP contribution in [0.25, 0.3) is 11.0 Å². The Morgan fingerprint density at radius 2 is 2.44 bits per heavy atom. The van der Waals surface area contributed by atoms with Gasteiger partial charge in [-0.05, 0) is 12.7 Å². The van der Waals surface area contributed by atoms with E-state index in [0.29, 0.717) is 11.9 Å². The molecule has 5 nitrogen and oxygen atoms in total. The summed E-state index contributed by atoms with van der Waals surface area (Å²) < 4.78 is 0. The fraction of sp³-hybridized carbons (Fsp3) is 0.500. The van der Waals surface area contributed by atoms with Crippen molar-refractivity contribution in [2.24, 2.45) is 0 Å². The first-order valence-corrected chi connectivity index (χ1v) is 7.48. The molecule has 0 radical (unpaired) electrons. The van der Waals surface area contributed by atoms with E-state index < -0.39 is 0 Å². The van der Waals surface area contributed by atoms with Crippen LogP contribution in [0.2, 0.25) is 0 Å². The summed E-state index contributed by atoms with van der Waals surface area (Å²) in [6.07, 6.45) is 7.01. The van der Waals surface area contributed by atoms with Crippen LogP contribution in [0.15, 0.2) is 12.5 Å². The summed E-state index contributed by atoms with van der Waals surface area (Å²) in [4.78, 5) is 14.0. The van der Waals surface area contributed by atoms with E-state index in [2.05, 4.69) is 26.1 Å². The molecule has 3 N–H and O–H groups in total. The number of H-pyrrole nitrogens is 1. The molecule has 0 saturated carbocycles. The number of rotatable bonds is 4. The van der Waals surface area contributed by atoms with E-state index in [9.17, 15) is 0 Å². The number of nitrogen functional groups attached to an aromatic ring is 1. The predicted octanol–water partition coefficient (Wildman–Crippen LogP) is 1.48. The minimum atomic E-state index is 0.524. The largest absolute Gasteiger partial charge is 0.382 e. The Kier molecular flexibility index (Phi) is 3.13. The quantitative estimate of drug-likeness (QED) is 0.874. The number of thioether (sulfide) groups is 1. The van der Waals surface area contributed by atoms with Crippen molar-refractivity contribution >= 4 is 28.6 Å². The molecule has 18 heavy (non-hydrogen) atoms. The number of nitrogens with one attached hydrogen (secondary N) is 1. The summed E-state index contributed by atoms with van der Waals surface area (Å²) in [5, 5.41) is 0. The monoisotopic (exact) mass is 263 g/mol. The maximum Gasteiger partial charge on any atom is 0.151 e. The smallest absolute Gasteiger partial charge is 0.151 e. The molecule has 96 valence electrons. The van der Waals surface area contributed by atoms with Crippen molar-refractivity contribution in [3.8, 4) is 0 Å². The lowest BCUT2D eigenvalue weighted by molar-refractivity contribution is 0.0999. The second-order valence-corrected chi connectivity index (χ2v) is 5.58. The normalized spacial score (nSPS) is 20.2. The molecule has 3 rings (SSSR count). The van der Waals surface area contributed by atoms with Crippen molar-refractivity contribution in [2.45, 2.75) is 19.0 Å². The Morgan fingerprint density at radius 1 is 1.56 bits per heavy atom. The number of nitrogens with two attached hydrogens (primary N) is 1. The zero-order valence-electron chi connectivity index (χ0n) is 10.4. The summed E-state index contributed by atoms with van der Waals surface area (Å²) >= 11 is 1.91. The number of nitrogens with zero attached hydrogens (tertiary/aromatic N) is 3. The molecule has 0 aromatic carbocycles. The van der Waals surface area contributed by atoms with Gasteiger partial charge in [0, 0.05) is 36.6 Å².